The normalized spacial score (nSPS) is 12.7. The second kappa shape index (κ2) is 7.65. The first-order valence-electron chi connectivity index (χ1n) is 6.64. The molecule has 0 spiro atoms. The van der Waals surface area contributed by atoms with Crippen molar-refractivity contribution in [3.8, 4) is 0 Å². The summed E-state index contributed by atoms with van der Waals surface area (Å²) in [6.07, 6.45) is 3.58. The lowest BCUT2D eigenvalue weighted by Gasteiger charge is -2.21. The Morgan fingerprint density at radius 3 is 2.74 bits per heavy atom. The summed E-state index contributed by atoms with van der Waals surface area (Å²) in [5, 5.41) is 16.6. The van der Waals surface area contributed by atoms with Gasteiger partial charge in [0.1, 0.15) is 4.47 Å². The first kappa shape index (κ1) is 16.2. The summed E-state index contributed by atoms with van der Waals surface area (Å²) in [6.45, 7) is 6.74. The van der Waals surface area contributed by atoms with Crippen molar-refractivity contribution in [1.82, 2.24) is 9.78 Å². The lowest BCUT2D eigenvalue weighted by atomic mass is 10.1. The summed E-state index contributed by atoms with van der Waals surface area (Å²) in [5.41, 5.74) is 0.490. The van der Waals surface area contributed by atoms with Crippen LogP contribution in [0.3, 0.4) is 0 Å². The zero-order valence-corrected chi connectivity index (χ0v) is 13.3. The highest BCUT2D eigenvalue weighted by Gasteiger charge is 2.15. The average molecular weight is 332 g/mol. The van der Waals surface area contributed by atoms with E-state index in [0.29, 0.717) is 16.7 Å². The van der Waals surface area contributed by atoms with Crippen LogP contribution in [-0.4, -0.2) is 27.5 Å². The molecule has 0 aromatic carbocycles. The maximum Gasteiger partial charge on any atom is 0.283 e. The van der Waals surface area contributed by atoms with Gasteiger partial charge >= 0.3 is 0 Å². The number of rotatable bonds is 7. The molecule has 1 aromatic heterocycles. The van der Waals surface area contributed by atoms with E-state index in [4.69, 9.17) is 0 Å². The van der Waals surface area contributed by atoms with Gasteiger partial charge in [0.05, 0.1) is 24.5 Å². The van der Waals surface area contributed by atoms with Crippen molar-refractivity contribution in [1.29, 1.82) is 0 Å². The van der Waals surface area contributed by atoms with Crippen molar-refractivity contribution >= 4 is 21.6 Å². The molecule has 0 aliphatic heterocycles. The number of anilines is 1. The van der Waals surface area contributed by atoms with E-state index in [1.54, 1.807) is 6.20 Å². The van der Waals surface area contributed by atoms with Gasteiger partial charge in [-0.15, -0.1) is 0 Å². The van der Waals surface area contributed by atoms with Crippen LogP contribution in [0.5, 0.6) is 0 Å². The van der Waals surface area contributed by atoms with Crippen molar-refractivity contribution in [3.63, 3.8) is 0 Å². The standard InChI is InChI=1S/C13H22BrN3O2/c1-4-5-6-17-13(19)12(14)10(7-15-17)16-11(8-18)9(2)3/h7,9,11,16,18H,4-6,8H2,1-3H3/t11-/m1/s1. The molecule has 19 heavy (non-hydrogen) atoms. The Balaban J connectivity index is 2.93. The van der Waals surface area contributed by atoms with Gasteiger partial charge in [0.2, 0.25) is 0 Å². The van der Waals surface area contributed by atoms with Crippen LogP contribution in [0.2, 0.25) is 0 Å². The molecule has 0 aliphatic carbocycles. The molecule has 0 fully saturated rings. The minimum Gasteiger partial charge on any atom is -0.394 e. The Morgan fingerprint density at radius 2 is 2.21 bits per heavy atom. The molecule has 1 aromatic rings. The number of aliphatic hydroxyl groups is 1. The van der Waals surface area contributed by atoms with E-state index < -0.39 is 0 Å². The van der Waals surface area contributed by atoms with E-state index in [0.717, 1.165) is 12.8 Å². The minimum atomic E-state index is -0.140. The quantitative estimate of drug-likeness (QED) is 0.804. The molecule has 0 amide bonds. The molecular weight excluding hydrogens is 310 g/mol. The number of nitrogens with one attached hydrogen (secondary N) is 1. The number of aryl methyl sites for hydroxylation is 1. The third kappa shape index (κ3) is 4.31. The van der Waals surface area contributed by atoms with E-state index in [9.17, 15) is 9.90 Å². The van der Waals surface area contributed by atoms with Crippen LogP contribution in [0.15, 0.2) is 15.5 Å². The number of aromatic nitrogens is 2. The number of aliphatic hydroxyl groups excluding tert-OH is 1. The van der Waals surface area contributed by atoms with Gasteiger partial charge in [-0.1, -0.05) is 27.2 Å². The molecule has 0 saturated carbocycles. The SMILES string of the molecule is CCCCn1ncc(N[C@H](CO)C(C)C)c(Br)c1=O. The van der Waals surface area contributed by atoms with Gasteiger partial charge in [0.15, 0.2) is 0 Å². The largest absolute Gasteiger partial charge is 0.394 e. The molecule has 0 bridgehead atoms. The van der Waals surface area contributed by atoms with Gasteiger partial charge in [-0.25, -0.2) is 4.68 Å². The van der Waals surface area contributed by atoms with Crippen LogP contribution in [0.1, 0.15) is 33.6 Å². The fourth-order valence-corrected chi connectivity index (χ4v) is 2.08. The molecule has 1 heterocycles. The summed E-state index contributed by atoms with van der Waals surface area (Å²) in [6, 6.07) is -0.0935. The van der Waals surface area contributed by atoms with E-state index >= 15 is 0 Å². The van der Waals surface area contributed by atoms with Crippen molar-refractivity contribution in [2.45, 2.75) is 46.2 Å². The zero-order valence-electron chi connectivity index (χ0n) is 11.7. The molecule has 108 valence electrons. The zero-order chi connectivity index (χ0) is 14.4. The smallest absolute Gasteiger partial charge is 0.283 e. The highest BCUT2D eigenvalue weighted by Crippen LogP contribution is 2.19. The first-order chi connectivity index (χ1) is 9.01. The Morgan fingerprint density at radius 1 is 1.53 bits per heavy atom. The van der Waals surface area contributed by atoms with Crippen molar-refractivity contribution in [3.05, 3.63) is 21.0 Å². The molecular formula is C13H22BrN3O2. The van der Waals surface area contributed by atoms with Crippen LogP contribution in [0.25, 0.3) is 0 Å². The topological polar surface area (TPSA) is 67.2 Å². The van der Waals surface area contributed by atoms with Gasteiger partial charge in [0.25, 0.3) is 5.56 Å². The molecule has 0 unspecified atom stereocenters. The summed E-state index contributed by atoms with van der Waals surface area (Å²) >= 11 is 3.31. The van der Waals surface area contributed by atoms with Crippen LogP contribution in [0.4, 0.5) is 5.69 Å². The van der Waals surface area contributed by atoms with Gasteiger partial charge < -0.3 is 10.4 Å². The summed E-state index contributed by atoms with van der Waals surface area (Å²) in [7, 11) is 0. The molecule has 2 N–H and O–H groups in total. The Bertz CT molecular complexity index is 460. The lowest BCUT2D eigenvalue weighted by Crippen LogP contribution is -2.32. The fourth-order valence-electron chi connectivity index (χ4n) is 1.66. The van der Waals surface area contributed by atoms with Gasteiger partial charge in [0, 0.05) is 6.54 Å². The maximum absolute atomic E-state index is 12.1. The van der Waals surface area contributed by atoms with Crippen LogP contribution >= 0.6 is 15.9 Å². The molecule has 1 rings (SSSR count). The molecule has 6 heteroatoms. The predicted octanol–water partition coefficient (Wildman–Crippen LogP) is 2.23. The number of hydrogen-bond acceptors (Lipinski definition) is 4. The van der Waals surface area contributed by atoms with Crippen molar-refractivity contribution < 1.29 is 5.11 Å². The summed E-state index contributed by atoms with van der Waals surface area (Å²) < 4.78 is 1.93. The molecule has 0 radical (unpaired) electrons. The lowest BCUT2D eigenvalue weighted by molar-refractivity contribution is 0.249. The van der Waals surface area contributed by atoms with E-state index in [2.05, 4.69) is 33.3 Å². The summed E-state index contributed by atoms with van der Waals surface area (Å²) in [4.78, 5) is 12.1. The molecule has 1 atom stereocenters. The number of unbranched alkanes of at least 4 members (excludes halogenated alkanes) is 1. The highest BCUT2D eigenvalue weighted by molar-refractivity contribution is 9.10. The predicted molar refractivity (Wildman–Crippen MR) is 80.4 cm³/mol. The second-order valence-electron chi connectivity index (χ2n) is 4.93. The third-order valence-electron chi connectivity index (χ3n) is 3.05. The Kier molecular flexibility index (Phi) is 6.51. The van der Waals surface area contributed by atoms with Crippen molar-refractivity contribution in [2.24, 2.45) is 5.92 Å². The summed E-state index contributed by atoms with van der Waals surface area (Å²) in [5.74, 6) is 0.263. The average Bonchev–Trinajstić information content (AvgIpc) is 2.39. The van der Waals surface area contributed by atoms with Gasteiger partial charge in [-0.3, -0.25) is 4.79 Å². The number of halogens is 1. The van der Waals surface area contributed by atoms with Crippen LogP contribution in [-0.2, 0) is 6.54 Å². The van der Waals surface area contributed by atoms with Crippen LogP contribution in [0, 0.1) is 5.92 Å². The minimum absolute atomic E-state index is 0.0169. The second-order valence-corrected chi connectivity index (χ2v) is 5.72. The highest BCUT2D eigenvalue weighted by atomic mass is 79.9. The van der Waals surface area contributed by atoms with E-state index in [1.807, 2.05) is 13.8 Å². The van der Waals surface area contributed by atoms with E-state index in [1.165, 1.54) is 4.68 Å². The fraction of sp³-hybridized carbons (Fsp3) is 0.692. The number of hydrogen-bond donors (Lipinski definition) is 2. The Hall–Kier alpha value is -0.880. The molecule has 0 saturated heterocycles. The molecule has 5 nitrogen and oxygen atoms in total. The molecule has 0 aliphatic rings. The van der Waals surface area contributed by atoms with Crippen LogP contribution < -0.4 is 10.9 Å². The maximum atomic E-state index is 12.1. The third-order valence-corrected chi connectivity index (χ3v) is 3.82. The Labute approximate surface area is 122 Å². The van der Waals surface area contributed by atoms with Crippen molar-refractivity contribution in [2.75, 3.05) is 11.9 Å². The monoisotopic (exact) mass is 331 g/mol. The van der Waals surface area contributed by atoms with E-state index in [-0.39, 0.29) is 24.1 Å². The van der Waals surface area contributed by atoms with Gasteiger partial charge in [-0.05, 0) is 28.3 Å². The number of nitrogens with zero attached hydrogens (tertiary/aromatic N) is 2. The first-order valence-corrected chi connectivity index (χ1v) is 7.43. The van der Waals surface area contributed by atoms with Gasteiger partial charge in [-0.2, -0.15) is 5.10 Å².